The average molecular weight is 292 g/mol. The van der Waals surface area contributed by atoms with Gasteiger partial charge in [0.05, 0.1) is 5.69 Å². The minimum absolute atomic E-state index is 0.153. The van der Waals surface area contributed by atoms with E-state index in [9.17, 15) is 4.39 Å². The molecule has 6 heteroatoms. The van der Waals surface area contributed by atoms with E-state index in [1.54, 1.807) is 17.4 Å². The van der Waals surface area contributed by atoms with Crippen molar-refractivity contribution in [3.05, 3.63) is 35.1 Å². The molecule has 3 rings (SSSR count). The van der Waals surface area contributed by atoms with Crippen LogP contribution in [0.3, 0.4) is 0 Å². The zero-order valence-corrected chi connectivity index (χ0v) is 12.2. The minimum atomic E-state index is -0.153. The lowest BCUT2D eigenvalue weighted by Gasteiger charge is -2.34. The molecule has 1 aliphatic heterocycles. The first-order valence-corrected chi connectivity index (χ1v) is 7.60. The summed E-state index contributed by atoms with van der Waals surface area (Å²) in [6, 6.07) is 7.25. The van der Waals surface area contributed by atoms with Crippen LogP contribution in [-0.4, -0.2) is 29.3 Å². The standard InChI is InChI=1S/C14H17FN4S/c1-10-17-18-14(20-10)16-11-5-4-8-19(9-11)13-7-3-2-6-12(13)15/h2-3,6-7,11H,4-5,8-9H2,1H3,(H,16,18). The molecule has 1 unspecified atom stereocenters. The van der Waals surface area contributed by atoms with Crippen LogP contribution in [0.15, 0.2) is 24.3 Å². The highest BCUT2D eigenvalue weighted by atomic mass is 32.1. The fraction of sp³-hybridized carbons (Fsp3) is 0.429. The highest BCUT2D eigenvalue weighted by molar-refractivity contribution is 7.15. The summed E-state index contributed by atoms with van der Waals surface area (Å²) in [6.45, 7) is 3.63. The maximum Gasteiger partial charge on any atom is 0.205 e. The Kier molecular flexibility index (Phi) is 3.82. The molecule has 0 spiro atoms. The number of piperidine rings is 1. The molecule has 0 bridgehead atoms. The SMILES string of the molecule is Cc1nnc(NC2CCCN(c3ccccc3F)C2)s1. The van der Waals surface area contributed by atoms with E-state index in [2.05, 4.69) is 20.4 Å². The Hall–Kier alpha value is -1.69. The van der Waals surface area contributed by atoms with Crippen LogP contribution in [0, 0.1) is 12.7 Å². The third-order valence-corrected chi connectivity index (χ3v) is 4.24. The first kappa shape index (κ1) is 13.3. The number of aromatic nitrogens is 2. The lowest BCUT2D eigenvalue weighted by atomic mass is 10.1. The fourth-order valence-corrected chi connectivity index (χ4v) is 3.22. The molecule has 1 aliphatic rings. The summed E-state index contributed by atoms with van der Waals surface area (Å²) in [5.74, 6) is -0.153. The van der Waals surface area contributed by atoms with Crippen LogP contribution in [0.1, 0.15) is 17.8 Å². The zero-order valence-electron chi connectivity index (χ0n) is 11.3. The van der Waals surface area contributed by atoms with Crippen molar-refractivity contribution in [2.45, 2.75) is 25.8 Å². The van der Waals surface area contributed by atoms with Gasteiger partial charge in [-0.05, 0) is 31.9 Å². The average Bonchev–Trinajstić information content (AvgIpc) is 2.85. The highest BCUT2D eigenvalue weighted by Crippen LogP contribution is 2.25. The quantitative estimate of drug-likeness (QED) is 0.944. The Morgan fingerprint density at radius 3 is 2.95 bits per heavy atom. The first-order valence-electron chi connectivity index (χ1n) is 6.78. The van der Waals surface area contributed by atoms with Crippen molar-refractivity contribution in [1.82, 2.24) is 10.2 Å². The Morgan fingerprint density at radius 1 is 1.35 bits per heavy atom. The molecule has 0 aliphatic carbocycles. The van der Waals surface area contributed by atoms with Crippen LogP contribution >= 0.6 is 11.3 Å². The molecule has 1 N–H and O–H groups in total. The van der Waals surface area contributed by atoms with Gasteiger partial charge in [0, 0.05) is 19.1 Å². The molecular formula is C14H17FN4S. The third kappa shape index (κ3) is 2.90. The van der Waals surface area contributed by atoms with Crippen molar-refractivity contribution >= 4 is 22.2 Å². The van der Waals surface area contributed by atoms with E-state index in [-0.39, 0.29) is 11.9 Å². The number of anilines is 2. The van der Waals surface area contributed by atoms with Crippen LogP contribution in [0.25, 0.3) is 0 Å². The maximum atomic E-state index is 13.8. The van der Waals surface area contributed by atoms with Gasteiger partial charge in [-0.15, -0.1) is 10.2 Å². The summed E-state index contributed by atoms with van der Waals surface area (Å²) >= 11 is 1.56. The van der Waals surface area contributed by atoms with Gasteiger partial charge < -0.3 is 10.2 Å². The van der Waals surface area contributed by atoms with Crippen molar-refractivity contribution in [1.29, 1.82) is 0 Å². The second kappa shape index (κ2) is 5.75. The molecule has 1 saturated heterocycles. The van der Waals surface area contributed by atoms with E-state index < -0.39 is 0 Å². The van der Waals surface area contributed by atoms with Gasteiger partial charge in [0.25, 0.3) is 0 Å². The molecule has 1 aromatic heterocycles. The van der Waals surface area contributed by atoms with Crippen molar-refractivity contribution in [3.63, 3.8) is 0 Å². The molecule has 106 valence electrons. The number of rotatable bonds is 3. The molecular weight excluding hydrogens is 275 g/mol. The first-order chi connectivity index (χ1) is 9.72. The minimum Gasteiger partial charge on any atom is -0.367 e. The second-order valence-corrected chi connectivity index (χ2v) is 6.19. The highest BCUT2D eigenvalue weighted by Gasteiger charge is 2.22. The van der Waals surface area contributed by atoms with Gasteiger partial charge in [0.15, 0.2) is 0 Å². The molecule has 20 heavy (non-hydrogen) atoms. The second-order valence-electron chi connectivity index (χ2n) is 5.01. The predicted molar refractivity (Wildman–Crippen MR) is 79.9 cm³/mol. The van der Waals surface area contributed by atoms with Crippen LogP contribution in [-0.2, 0) is 0 Å². The monoisotopic (exact) mass is 292 g/mol. The lowest BCUT2D eigenvalue weighted by Crippen LogP contribution is -2.42. The Bertz CT molecular complexity index is 586. The van der Waals surface area contributed by atoms with Crippen molar-refractivity contribution in [3.8, 4) is 0 Å². The largest absolute Gasteiger partial charge is 0.367 e. The summed E-state index contributed by atoms with van der Waals surface area (Å²) in [4.78, 5) is 2.10. The van der Waals surface area contributed by atoms with Gasteiger partial charge in [-0.3, -0.25) is 0 Å². The maximum absolute atomic E-state index is 13.8. The van der Waals surface area contributed by atoms with Gasteiger partial charge in [-0.1, -0.05) is 23.5 Å². The number of nitrogens with zero attached hydrogens (tertiary/aromatic N) is 3. The van der Waals surface area contributed by atoms with Gasteiger partial charge in [-0.25, -0.2) is 4.39 Å². The third-order valence-electron chi connectivity index (χ3n) is 3.47. The van der Waals surface area contributed by atoms with E-state index in [4.69, 9.17) is 0 Å². The van der Waals surface area contributed by atoms with Gasteiger partial charge in [0.1, 0.15) is 10.8 Å². The molecule has 0 radical (unpaired) electrons. The molecule has 2 heterocycles. The predicted octanol–water partition coefficient (Wildman–Crippen LogP) is 3.07. The molecule has 1 atom stereocenters. The Balaban J connectivity index is 1.69. The fourth-order valence-electron chi connectivity index (χ4n) is 2.55. The smallest absolute Gasteiger partial charge is 0.205 e. The molecule has 0 amide bonds. The molecule has 4 nitrogen and oxygen atoms in total. The van der Waals surface area contributed by atoms with Gasteiger partial charge >= 0.3 is 0 Å². The summed E-state index contributed by atoms with van der Waals surface area (Å²) in [7, 11) is 0. The summed E-state index contributed by atoms with van der Waals surface area (Å²) < 4.78 is 13.8. The van der Waals surface area contributed by atoms with Gasteiger partial charge in [0.2, 0.25) is 5.13 Å². The van der Waals surface area contributed by atoms with Crippen LogP contribution in [0.5, 0.6) is 0 Å². The Labute approximate surface area is 121 Å². The summed E-state index contributed by atoms with van der Waals surface area (Å²) in [5, 5.41) is 13.3. The Morgan fingerprint density at radius 2 is 2.20 bits per heavy atom. The summed E-state index contributed by atoms with van der Waals surface area (Å²) in [6.07, 6.45) is 2.12. The molecule has 1 aromatic carbocycles. The van der Waals surface area contributed by atoms with E-state index in [0.717, 1.165) is 36.1 Å². The molecule has 2 aromatic rings. The molecule has 0 saturated carbocycles. The van der Waals surface area contributed by atoms with E-state index >= 15 is 0 Å². The van der Waals surface area contributed by atoms with Crippen molar-refractivity contribution in [2.24, 2.45) is 0 Å². The number of hydrogen-bond donors (Lipinski definition) is 1. The number of nitrogens with one attached hydrogen (secondary N) is 1. The molecule has 1 fully saturated rings. The number of hydrogen-bond acceptors (Lipinski definition) is 5. The van der Waals surface area contributed by atoms with Gasteiger partial charge in [-0.2, -0.15) is 0 Å². The number of benzene rings is 1. The summed E-state index contributed by atoms with van der Waals surface area (Å²) in [5.41, 5.74) is 0.687. The lowest BCUT2D eigenvalue weighted by molar-refractivity contribution is 0.518. The number of halogens is 1. The van der Waals surface area contributed by atoms with E-state index in [1.165, 1.54) is 6.07 Å². The van der Waals surface area contributed by atoms with Crippen molar-refractivity contribution in [2.75, 3.05) is 23.3 Å². The topological polar surface area (TPSA) is 41.1 Å². The van der Waals surface area contributed by atoms with Crippen LogP contribution in [0.2, 0.25) is 0 Å². The van der Waals surface area contributed by atoms with Crippen LogP contribution in [0.4, 0.5) is 15.2 Å². The number of aryl methyl sites for hydroxylation is 1. The normalized spacial score (nSPS) is 19.1. The van der Waals surface area contributed by atoms with E-state index in [1.807, 2.05) is 19.1 Å². The van der Waals surface area contributed by atoms with Crippen LogP contribution < -0.4 is 10.2 Å². The van der Waals surface area contributed by atoms with E-state index in [0.29, 0.717) is 5.69 Å². The number of para-hydroxylation sites is 1. The van der Waals surface area contributed by atoms with Crippen molar-refractivity contribution < 1.29 is 4.39 Å². The zero-order chi connectivity index (χ0) is 13.9.